The van der Waals surface area contributed by atoms with E-state index in [1.54, 1.807) is 39.0 Å². The first-order valence-electron chi connectivity index (χ1n) is 14.5. The second-order valence-corrected chi connectivity index (χ2v) is 14.1. The van der Waals surface area contributed by atoms with Crippen molar-refractivity contribution in [3.05, 3.63) is 29.4 Å². The van der Waals surface area contributed by atoms with Gasteiger partial charge < -0.3 is 19.5 Å². The van der Waals surface area contributed by atoms with E-state index in [0.717, 1.165) is 0 Å². The highest BCUT2D eigenvalue weighted by Crippen LogP contribution is 2.47. The molecule has 1 aromatic carbocycles. The first kappa shape index (κ1) is 32.0. The smallest absolute Gasteiger partial charge is 0.411 e. The van der Waals surface area contributed by atoms with Gasteiger partial charge in [0.1, 0.15) is 29.0 Å². The standard InChI is InChI=1S/C29H37ClN4O9S/c1-6-16-14-29(16,26(36)33-44(38,39)43-17-7-8-17)32-24(35)21-13-18(15-34(21)27(37)42-28(2,3)4)41-25-20-9-10-22(40-5)23(30)19(20)11-12-31-25/h9-12,16-18,21H,6-8,13-15H2,1-5H3,(H,32,35)(H,33,36)/t16-,18-,21+,29?/m1/s1. The largest absolute Gasteiger partial charge is 0.495 e. The molecule has 240 valence electrons. The average molecular weight is 653 g/mol. The van der Waals surface area contributed by atoms with Crippen LogP contribution in [0.5, 0.6) is 11.6 Å². The molecule has 44 heavy (non-hydrogen) atoms. The minimum Gasteiger partial charge on any atom is -0.495 e. The monoisotopic (exact) mass is 652 g/mol. The molecule has 5 rings (SSSR count). The molecular weight excluding hydrogens is 616 g/mol. The number of hydrogen-bond acceptors (Lipinski definition) is 10. The first-order valence-corrected chi connectivity index (χ1v) is 16.3. The lowest BCUT2D eigenvalue weighted by molar-refractivity contribution is -0.132. The molecule has 0 radical (unpaired) electrons. The Kier molecular flexibility index (Phi) is 8.64. The highest BCUT2D eigenvalue weighted by molar-refractivity contribution is 7.85. The zero-order valence-electron chi connectivity index (χ0n) is 25.2. The lowest BCUT2D eigenvalue weighted by atomic mass is 10.1. The SMILES string of the molecule is CC[C@@H]1CC1(NC(=O)[C@@H]1C[C@@H](Oc2nccc3c(Cl)c(OC)ccc23)CN1C(=O)OC(C)(C)C)C(=O)NS(=O)(=O)OC1CC1. The number of benzene rings is 1. The van der Waals surface area contributed by atoms with E-state index in [1.165, 1.54) is 18.2 Å². The number of rotatable bonds is 10. The number of halogens is 1. The molecule has 4 atom stereocenters. The minimum absolute atomic E-state index is 0.00500. The van der Waals surface area contributed by atoms with Crippen LogP contribution in [0.25, 0.3) is 10.8 Å². The van der Waals surface area contributed by atoms with Crippen LogP contribution in [0, 0.1) is 5.92 Å². The van der Waals surface area contributed by atoms with E-state index in [-0.39, 0.29) is 31.2 Å². The average Bonchev–Trinajstić information content (AvgIpc) is 3.84. The Balaban J connectivity index is 1.37. The fraction of sp³-hybridized carbons (Fsp3) is 0.586. The first-order chi connectivity index (χ1) is 20.7. The van der Waals surface area contributed by atoms with Crippen LogP contribution >= 0.6 is 11.6 Å². The van der Waals surface area contributed by atoms with Gasteiger partial charge in [0.2, 0.25) is 11.8 Å². The number of carbonyl (C=O) groups excluding carboxylic acids is 3. The fourth-order valence-corrected chi connectivity index (χ4v) is 6.73. The molecule has 3 aliphatic rings. The number of likely N-dealkylation sites (tertiary alicyclic amines) is 1. The number of nitrogens with zero attached hydrogens (tertiary/aromatic N) is 2. The van der Waals surface area contributed by atoms with Gasteiger partial charge in [0.15, 0.2) is 0 Å². The van der Waals surface area contributed by atoms with Crippen LogP contribution in [0.15, 0.2) is 24.4 Å². The molecule has 1 unspecified atom stereocenters. The Bertz CT molecular complexity index is 1580. The number of amides is 3. The van der Waals surface area contributed by atoms with Crippen LogP contribution in [0.1, 0.15) is 59.8 Å². The Morgan fingerprint density at radius 3 is 2.48 bits per heavy atom. The summed E-state index contributed by atoms with van der Waals surface area (Å²) in [6.07, 6.45) is 1.69. The van der Waals surface area contributed by atoms with Crippen LogP contribution in [-0.4, -0.2) is 79.3 Å². The Hall–Kier alpha value is -3.36. The van der Waals surface area contributed by atoms with Gasteiger partial charge in [0.05, 0.1) is 24.8 Å². The third-order valence-electron chi connectivity index (χ3n) is 7.85. The van der Waals surface area contributed by atoms with E-state index in [0.29, 0.717) is 40.8 Å². The van der Waals surface area contributed by atoms with Crippen molar-refractivity contribution in [3.8, 4) is 11.6 Å². The molecule has 0 spiro atoms. The van der Waals surface area contributed by atoms with Crippen LogP contribution < -0.4 is 19.5 Å². The molecule has 2 aliphatic carbocycles. The van der Waals surface area contributed by atoms with Gasteiger partial charge in [-0.2, -0.15) is 8.42 Å². The van der Waals surface area contributed by atoms with Crippen molar-refractivity contribution in [2.24, 2.45) is 5.92 Å². The zero-order chi connectivity index (χ0) is 32.0. The highest BCUT2D eigenvalue weighted by atomic mass is 35.5. The predicted octanol–water partition coefficient (Wildman–Crippen LogP) is 3.48. The molecule has 2 N–H and O–H groups in total. The number of fused-ring (bicyclic) bond motifs is 1. The predicted molar refractivity (Wildman–Crippen MR) is 160 cm³/mol. The molecule has 3 amide bonds. The van der Waals surface area contributed by atoms with Crippen LogP contribution in [0.4, 0.5) is 4.79 Å². The number of aromatic nitrogens is 1. The Labute approximate surface area is 261 Å². The molecule has 1 aromatic heterocycles. The number of ether oxygens (including phenoxy) is 3. The van der Waals surface area contributed by atoms with Gasteiger partial charge >= 0.3 is 16.4 Å². The lowest BCUT2D eigenvalue weighted by Crippen LogP contribution is -2.56. The summed E-state index contributed by atoms with van der Waals surface area (Å²) in [7, 11) is -2.83. The summed E-state index contributed by atoms with van der Waals surface area (Å²) in [5, 5.41) is 4.42. The molecule has 13 nitrogen and oxygen atoms in total. The highest BCUT2D eigenvalue weighted by Gasteiger charge is 2.62. The van der Waals surface area contributed by atoms with E-state index >= 15 is 0 Å². The summed E-state index contributed by atoms with van der Waals surface area (Å²) in [4.78, 5) is 45.9. The summed E-state index contributed by atoms with van der Waals surface area (Å²) in [5.74, 6) is -1.06. The second kappa shape index (κ2) is 11.9. The third kappa shape index (κ3) is 6.81. The van der Waals surface area contributed by atoms with Gasteiger partial charge in [-0.25, -0.2) is 14.5 Å². The van der Waals surface area contributed by atoms with E-state index < -0.39 is 57.6 Å². The molecule has 2 saturated carbocycles. The summed E-state index contributed by atoms with van der Waals surface area (Å²) in [6.45, 7) is 6.96. The van der Waals surface area contributed by atoms with Crippen LogP contribution in [0.3, 0.4) is 0 Å². The Morgan fingerprint density at radius 1 is 1.14 bits per heavy atom. The second-order valence-electron chi connectivity index (χ2n) is 12.4. The third-order valence-corrected chi connectivity index (χ3v) is 9.20. The molecular formula is C29H37ClN4O9S. The number of pyridine rings is 1. The molecule has 2 aromatic rings. The topological polar surface area (TPSA) is 162 Å². The summed E-state index contributed by atoms with van der Waals surface area (Å²) >= 11 is 6.50. The molecule has 0 bridgehead atoms. The number of hydrogen-bond donors (Lipinski definition) is 2. The van der Waals surface area contributed by atoms with Gasteiger partial charge in [0, 0.05) is 23.4 Å². The number of nitrogens with one attached hydrogen (secondary N) is 2. The van der Waals surface area contributed by atoms with Crippen molar-refractivity contribution in [2.45, 2.75) is 89.2 Å². The van der Waals surface area contributed by atoms with Gasteiger partial charge in [-0.15, -0.1) is 0 Å². The van der Waals surface area contributed by atoms with Gasteiger partial charge in [-0.3, -0.25) is 18.7 Å². The lowest BCUT2D eigenvalue weighted by Gasteiger charge is -2.29. The van der Waals surface area contributed by atoms with Crippen molar-refractivity contribution in [3.63, 3.8) is 0 Å². The van der Waals surface area contributed by atoms with Crippen LogP contribution in [0.2, 0.25) is 5.02 Å². The molecule has 1 saturated heterocycles. The fourth-order valence-electron chi connectivity index (χ4n) is 5.42. The maximum absolute atomic E-state index is 13.8. The molecule has 2 heterocycles. The molecule has 15 heteroatoms. The Morgan fingerprint density at radius 2 is 1.86 bits per heavy atom. The van der Waals surface area contributed by atoms with Crippen molar-refractivity contribution in [2.75, 3.05) is 13.7 Å². The number of methoxy groups -OCH3 is 1. The number of carbonyl (C=O) groups is 3. The zero-order valence-corrected chi connectivity index (χ0v) is 26.8. The van der Waals surface area contributed by atoms with Gasteiger partial charge in [-0.05, 0) is 64.2 Å². The van der Waals surface area contributed by atoms with Crippen molar-refractivity contribution >= 4 is 50.6 Å². The van der Waals surface area contributed by atoms with Gasteiger partial charge in [-0.1, -0.05) is 24.9 Å². The minimum atomic E-state index is -4.34. The van der Waals surface area contributed by atoms with Crippen molar-refractivity contribution in [1.82, 2.24) is 19.9 Å². The molecule has 3 fully saturated rings. The maximum Gasteiger partial charge on any atom is 0.411 e. The normalized spacial score (nSPS) is 25.0. The summed E-state index contributed by atoms with van der Waals surface area (Å²) in [5.41, 5.74) is -2.30. The quantitative estimate of drug-likeness (QED) is 0.389. The van der Waals surface area contributed by atoms with E-state index in [2.05, 4.69) is 10.3 Å². The van der Waals surface area contributed by atoms with Gasteiger partial charge in [0.25, 0.3) is 5.91 Å². The summed E-state index contributed by atoms with van der Waals surface area (Å²) < 4.78 is 48.8. The molecule has 1 aliphatic heterocycles. The maximum atomic E-state index is 13.8. The van der Waals surface area contributed by atoms with E-state index in [9.17, 15) is 22.8 Å². The summed E-state index contributed by atoms with van der Waals surface area (Å²) in [6, 6.07) is 4.10. The van der Waals surface area contributed by atoms with E-state index in [4.69, 9.17) is 30.0 Å². The van der Waals surface area contributed by atoms with Crippen LogP contribution in [-0.2, 0) is 28.8 Å². The van der Waals surface area contributed by atoms with E-state index in [1.807, 2.05) is 11.6 Å². The van der Waals surface area contributed by atoms with Crippen molar-refractivity contribution in [1.29, 1.82) is 0 Å². The van der Waals surface area contributed by atoms with Crippen molar-refractivity contribution < 1.29 is 41.2 Å².